The Labute approximate surface area is 109 Å². The summed E-state index contributed by atoms with van der Waals surface area (Å²) < 4.78 is 29.2. The van der Waals surface area contributed by atoms with Crippen LogP contribution < -0.4 is 11.2 Å². The zero-order valence-corrected chi connectivity index (χ0v) is 10.6. The van der Waals surface area contributed by atoms with Crippen molar-refractivity contribution in [2.75, 3.05) is 0 Å². The Bertz CT molecular complexity index is 514. The molecule has 1 aromatic rings. The van der Waals surface area contributed by atoms with E-state index in [1.807, 2.05) is 0 Å². The standard InChI is InChI=1S/C6H6O3S.C4H8N2O3/c7-10(8,9)6-4-2-1-3-5-6;5-3(7)1-2-4(8)6-9/h1-5H,(H,7,8,9);9H,1-2H2,(H2,5,7)(H,6,8). The van der Waals surface area contributed by atoms with Gasteiger partial charge < -0.3 is 5.73 Å². The van der Waals surface area contributed by atoms with E-state index in [0.29, 0.717) is 0 Å². The van der Waals surface area contributed by atoms with E-state index in [-0.39, 0.29) is 17.7 Å². The van der Waals surface area contributed by atoms with Crippen molar-refractivity contribution in [2.24, 2.45) is 5.73 Å². The van der Waals surface area contributed by atoms with Crippen LogP contribution in [0.5, 0.6) is 0 Å². The number of benzene rings is 1. The van der Waals surface area contributed by atoms with Crippen molar-refractivity contribution < 1.29 is 27.8 Å². The third-order valence-electron chi connectivity index (χ3n) is 1.76. The maximum atomic E-state index is 10.4. The topological polar surface area (TPSA) is 147 Å². The van der Waals surface area contributed by atoms with Crippen molar-refractivity contribution in [2.45, 2.75) is 17.7 Å². The molecule has 2 amide bonds. The van der Waals surface area contributed by atoms with E-state index >= 15 is 0 Å². The van der Waals surface area contributed by atoms with E-state index in [2.05, 4.69) is 0 Å². The van der Waals surface area contributed by atoms with E-state index in [9.17, 15) is 18.0 Å². The lowest BCUT2D eigenvalue weighted by molar-refractivity contribution is -0.131. The summed E-state index contributed by atoms with van der Waals surface area (Å²) in [5.74, 6) is -1.16. The average Bonchev–Trinajstić information content (AvgIpc) is 2.36. The highest BCUT2D eigenvalue weighted by molar-refractivity contribution is 7.85. The number of carbonyl (C=O) groups is 2. The van der Waals surface area contributed by atoms with Crippen LogP contribution in [-0.2, 0) is 19.7 Å². The molecule has 0 fully saturated rings. The predicted molar refractivity (Wildman–Crippen MR) is 64.6 cm³/mol. The van der Waals surface area contributed by atoms with Gasteiger partial charge in [-0.05, 0) is 12.1 Å². The highest BCUT2D eigenvalue weighted by Crippen LogP contribution is 2.05. The third-order valence-corrected chi connectivity index (χ3v) is 2.63. The number of nitrogens with two attached hydrogens (primary N) is 1. The van der Waals surface area contributed by atoms with E-state index in [1.165, 1.54) is 17.6 Å². The molecule has 9 heteroatoms. The molecule has 0 saturated heterocycles. The van der Waals surface area contributed by atoms with Crippen LogP contribution in [0.2, 0.25) is 0 Å². The van der Waals surface area contributed by atoms with Gasteiger partial charge in [-0.25, -0.2) is 5.48 Å². The number of rotatable bonds is 4. The fourth-order valence-electron chi connectivity index (χ4n) is 0.885. The van der Waals surface area contributed by atoms with Gasteiger partial charge in [0, 0.05) is 12.8 Å². The third kappa shape index (κ3) is 8.71. The normalized spacial score (nSPS) is 10.0. The Kier molecular flexibility index (Phi) is 7.34. The van der Waals surface area contributed by atoms with E-state index in [1.54, 1.807) is 18.2 Å². The van der Waals surface area contributed by atoms with Crippen LogP contribution in [0.15, 0.2) is 35.2 Å². The van der Waals surface area contributed by atoms with Crippen molar-refractivity contribution >= 4 is 21.9 Å². The second kappa shape index (κ2) is 8.19. The lowest BCUT2D eigenvalue weighted by atomic mass is 10.3. The SMILES string of the molecule is NC(=O)CCC(=O)NO.O=S(=O)(O)c1ccccc1. The minimum Gasteiger partial charge on any atom is -0.370 e. The van der Waals surface area contributed by atoms with Gasteiger partial charge in [-0.2, -0.15) is 8.42 Å². The first-order valence-electron chi connectivity index (χ1n) is 5.01. The van der Waals surface area contributed by atoms with Crippen molar-refractivity contribution in [3.63, 3.8) is 0 Å². The van der Waals surface area contributed by atoms with Crippen LogP contribution in [0.1, 0.15) is 12.8 Å². The van der Waals surface area contributed by atoms with E-state index < -0.39 is 21.9 Å². The lowest BCUT2D eigenvalue weighted by Gasteiger charge is -1.92. The molecular weight excluding hydrogens is 276 g/mol. The highest BCUT2D eigenvalue weighted by atomic mass is 32.2. The second-order valence-electron chi connectivity index (χ2n) is 3.29. The average molecular weight is 290 g/mol. The first-order valence-corrected chi connectivity index (χ1v) is 6.45. The molecule has 0 aliphatic carbocycles. The molecule has 0 aliphatic rings. The minimum atomic E-state index is -4.00. The van der Waals surface area contributed by atoms with Crippen molar-refractivity contribution in [3.05, 3.63) is 30.3 Å². The van der Waals surface area contributed by atoms with Crippen LogP contribution in [0, 0.1) is 0 Å². The van der Waals surface area contributed by atoms with Crippen LogP contribution in [0.25, 0.3) is 0 Å². The second-order valence-corrected chi connectivity index (χ2v) is 4.71. The summed E-state index contributed by atoms with van der Waals surface area (Å²) in [5.41, 5.74) is 6.07. The van der Waals surface area contributed by atoms with Gasteiger partial charge in [-0.15, -0.1) is 0 Å². The van der Waals surface area contributed by atoms with Gasteiger partial charge in [0.1, 0.15) is 0 Å². The maximum Gasteiger partial charge on any atom is 0.294 e. The zero-order valence-electron chi connectivity index (χ0n) is 9.81. The highest BCUT2D eigenvalue weighted by Gasteiger charge is 2.05. The van der Waals surface area contributed by atoms with E-state index in [0.717, 1.165) is 0 Å². The van der Waals surface area contributed by atoms with Gasteiger partial charge in [0.05, 0.1) is 4.90 Å². The number of hydrogen-bond donors (Lipinski definition) is 4. The van der Waals surface area contributed by atoms with Gasteiger partial charge in [0.25, 0.3) is 10.1 Å². The summed E-state index contributed by atoms with van der Waals surface area (Å²) in [7, 11) is -4.00. The lowest BCUT2D eigenvalue weighted by Crippen LogP contribution is -2.21. The predicted octanol–water partition coefficient (Wildman–Crippen LogP) is -0.309. The first kappa shape index (κ1) is 17.0. The Morgan fingerprint density at radius 2 is 1.68 bits per heavy atom. The molecule has 1 rings (SSSR count). The summed E-state index contributed by atoms with van der Waals surface area (Å²) in [6.45, 7) is 0. The number of amides is 2. The molecule has 0 aliphatic heterocycles. The molecule has 0 aromatic heterocycles. The smallest absolute Gasteiger partial charge is 0.294 e. The van der Waals surface area contributed by atoms with Crippen molar-refractivity contribution in [1.82, 2.24) is 5.48 Å². The molecule has 0 unspecified atom stereocenters. The largest absolute Gasteiger partial charge is 0.370 e. The van der Waals surface area contributed by atoms with Crippen LogP contribution >= 0.6 is 0 Å². The quantitative estimate of drug-likeness (QED) is 0.340. The molecule has 8 nitrogen and oxygen atoms in total. The summed E-state index contributed by atoms with van der Waals surface area (Å²) >= 11 is 0. The van der Waals surface area contributed by atoms with Crippen molar-refractivity contribution in [3.8, 4) is 0 Å². The Balaban J connectivity index is 0.000000344. The number of primary amides is 1. The fraction of sp³-hybridized carbons (Fsp3) is 0.200. The molecule has 5 N–H and O–H groups in total. The first-order chi connectivity index (χ1) is 8.77. The molecule has 106 valence electrons. The van der Waals surface area contributed by atoms with Crippen molar-refractivity contribution in [1.29, 1.82) is 0 Å². The van der Waals surface area contributed by atoms with Crippen LogP contribution in [0.4, 0.5) is 0 Å². The molecule has 0 atom stereocenters. The molecular formula is C10H14N2O6S. The van der Waals surface area contributed by atoms with Gasteiger partial charge >= 0.3 is 0 Å². The molecule has 1 aromatic carbocycles. The molecule has 0 spiro atoms. The molecule has 0 heterocycles. The Hall–Kier alpha value is -1.97. The van der Waals surface area contributed by atoms with Crippen LogP contribution in [-0.4, -0.2) is 30.0 Å². The van der Waals surface area contributed by atoms with Gasteiger partial charge in [-0.3, -0.25) is 19.3 Å². The fourth-order valence-corrected chi connectivity index (χ4v) is 1.39. The van der Waals surface area contributed by atoms with E-state index in [4.69, 9.17) is 15.5 Å². The van der Waals surface area contributed by atoms with Gasteiger partial charge in [0.2, 0.25) is 11.8 Å². The Morgan fingerprint density at radius 1 is 1.16 bits per heavy atom. The van der Waals surface area contributed by atoms with Crippen LogP contribution in [0.3, 0.4) is 0 Å². The number of nitrogens with one attached hydrogen (secondary N) is 1. The van der Waals surface area contributed by atoms with Gasteiger partial charge in [0.15, 0.2) is 0 Å². The summed E-state index contributed by atoms with van der Waals surface area (Å²) in [6.07, 6.45) is -0.0990. The Morgan fingerprint density at radius 3 is 2.00 bits per heavy atom. The maximum absolute atomic E-state index is 10.4. The monoisotopic (exact) mass is 290 g/mol. The summed E-state index contributed by atoms with van der Waals surface area (Å²) in [4.78, 5) is 20.1. The molecule has 0 bridgehead atoms. The molecule has 19 heavy (non-hydrogen) atoms. The summed E-state index contributed by atoms with van der Waals surface area (Å²) in [6, 6.07) is 7.42. The minimum absolute atomic E-state index is 0.0353. The number of carbonyl (C=O) groups excluding carboxylic acids is 2. The summed E-state index contributed by atoms with van der Waals surface area (Å²) in [5, 5.41) is 7.90. The number of hydroxylamine groups is 1. The number of hydrogen-bond acceptors (Lipinski definition) is 5. The van der Waals surface area contributed by atoms with Gasteiger partial charge in [-0.1, -0.05) is 18.2 Å². The molecule has 0 saturated carbocycles. The molecule has 0 radical (unpaired) electrons. The zero-order chi connectivity index (χ0) is 14.9.